The van der Waals surface area contributed by atoms with E-state index in [4.69, 9.17) is 14.2 Å². The van der Waals surface area contributed by atoms with Gasteiger partial charge in [-0.25, -0.2) is 0 Å². The predicted octanol–water partition coefficient (Wildman–Crippen LogP) is 18.1. The van der Waals surface area contributed by atoms with E-state index in [0.717, 1.165) is 83.5 Å². The highest BCUT2D eigenvalue weighted by Gasteiger charge is 2.17. The number of carbonyl (C=O) groups excluding carboxylic acids is 2. The molecule has 0 aliphatic carbocycles. The second-order valence-electron chi connectivity index (χ2n) is 17.8. The topological polar surface area (TPSA) is 61.8 Å². The third-order valence-corrected chi connectivity index (χ3v) is 11.5. The maximum absolute atomic E-state index is 12.8. The van der Waals surface area contributed by atoms with Crippen molar-refractivity contribution in [2.45, 2.75) is 271 Å². The molecule has 62 heavy (non-hydrogen) atoms. The van der Waals surface area contributed by atoms with Crippen LogP contribution in [0.1, 0.15) is 265 Å². The van der Waals surface area contributed by atoms with E-state index in [1.54, 1.807) is 0 Å². The number of hydrogen-bond donors (Lipinski definition) is 0. The normalized spacial score (nSPS) is 12.6. The highest BCUT2D eigenvalue weighted by Crippen LogP contribution is 2.15. The molecule has 0 amide bonds. The van der Waals surface area contributed by atoms with Gasteiger partial charge < -0.3 is 14.2 Å². The summed E-state index contributed by atoms with van der Waals surface area (Å²) < 4.78 is 17.4. The van der Waals surface area contributed by atoms with Crippen LogP contribution in [0.25, 0.3) is 0 Å². The molecule has 5 heteroatoms. The summed E-state index contributed by atoms with van der Waals surface area (Å²) in [5.41, 5.74) is 0. The molecule has 0 fully saturated rings. The molecule has 0 aliphatic rings. The quantitative estimate of drug-likeness (QED) is 0.0346. The van der Waals surface area contributed by atoms with Crippen molar-refractivity contribution in [1.82, 2.24) is 0 Å². The van der Waals surface area contributed by atoms with Crippen LogP contribution in [0.3, 0.4) is 0 Å². The van der Waals surface area contributed by atoms with E-state index < -0.39 is 6.10 Å². The first kappa shape index (κ1) is 59.6. The number of unbranched alkanes of at least 4 members (excludes halogenated alkanes) is 28. The molecule has 1 atom stereocenters. The molecule has 0 bridgehead atoms. The first-order chi connectivity index (χ1) is 30.6. The second-order valence-corrected chi connectivity index (χ2v) is 17.8. The lowest BCUT2D eigenvalue weighted by molar-refractivity contribution is -0.163. The second kappa shape index (κ2) is 52.9. The molecule has 0 heterocycles. The molecule has 0 spiro atoms. The van der Waals surface area contributed by atoms with Gasteiger partial charge in [-0.15, -0.1) is 0 Å². The Morgan fingerprint density at radius 2 is 0.710 bits per heavy atom. The van der Waals surface area contributed by atoms with Crippen LogP contribution in [0.2, 0.25) is 0 Å². The lowest BCUT2D eigenvalue weighted by atomic mass is 10.0. The zero-order chi connectivity index (χ0) is 44.9. The Hall–Kier alpha value is -2.40. The van der Waals surface area contributed by atoms with Crippen LogP contribution in [-0.4, -0.2) is 37.9 Å². The Morgan fingerprint density at radius 3 is 1.18 bits per heavy atom. The number of carbonyl (C=O) groups is 2. The number of hydrogen-bond acceptors (Lipinski definition) is 5. The van der Waals surface area contributed by atoms with E-state index in [9.17, 15) is 9.59 Å². The fraction of sp³-hybridized carbons (Fsp3) is 0.789. The third kappa shape index (κ3) is 50.2. The molecule has 0 aromatic rings. The first-order valence-corrected chi connectivity index (χ1v) is 26.8. The van der Waals surface area contributed by atoms with Crippen molar-refractivity contribution in [3.8, 4) is 0 Å². The standard InChI is InChI=1S/C57H102O5/c1-4-7-10-13-16-19-22-25-27-28-29-30-31-33-35-38-41-44-47-50-56(58)61-54-55(53-60-52-49-46-43-40-37-34-26-23-20-17-14-11-8-5-2)62-57(59)51-48-45-42-39-36-32-24-21-18-15-12-9-6-3/h12,15-16,19,21,24-25,27,29-30,55H,4-11,13-14,17-18,20,22-23,26,28,31-54H2,1-3H3/b15-12-,19-16-,24-21-,27-25-,30-29-. The van der Waals surface area contributed by atoms with Crippen LogP contribution in [-0.2, 0) is 23.8 Å². The average molecular weight is 867 g/mol. The third-order valence-electron chi connectivity index (χ3n) is 11.5. The van der Waals surface area contributed by atoms with Crippen molar-refractivity contribution in [2.24, 2.45) is 0 Å². The zero-order valence-corrected chi connectivity index (χ0v) is 41.4. The van der Waals surface area contributed by atoms with Crippen molar-refractivity contribution < 1.29 is 23.8 Å². The lowest BCUT2D eigenvalue weighted by Crippen LogP contribution is -2.30. The lowest BCUT2D eigenvalue weighted by Gasteiger charge is -2.18. The molecule has 0 radical (unpaired) electrons. The highest BCUT2D eigenvalue weighted by atomic mass is 16.6. The van der Waals surface area contributed by atoms with Crippen molar-refractivity contribution >= 4 is 11.9 Å². The summed E-state index contributed by atoms with van der Waals surface area (Å²) in [4.78, 5) is 25.4. The van der Waals surface area contributed by atoms with Crippen molar-refractivity contribution in [3.05, 3.63) is 60.8 Å². The number of allylic oxidation sites excluding steroid dienone is 10. The molecular weight excluding hydrogens is 765 g/mol. The maximum Gasteiger partial charge on any atom is 0.306 e. The van der Waals surface area contributed by atoms with E-state index >= 15 is 0 Å². The Kier molecular flexibility index (Phi) is 50.9. The summed E-state index contributed by atoms with van der Waals surface area (Å²) in [7, 11) is 0. The summed E-state index contributed by atoms with van der Waals surface area (Å²) in [6, 6.07) is 0. The largest absolute Gasteiger partial charge is 0.462 e. The van der Waals surface area contributed by atoms with E-state index in [1.807, 2.05) is 0 Å². The molecule has 0 saturated carbocycles. The van der Waals surface area contributed by atoms with E-state index in [-0.39, 0.29) is 25.2 Å². The monoisotopic (exact) mass is 867 g/mol. The molecule has 0 N–H and O–H groups in total. The summed E-state index contributed by atoms with van der Waals surface area (Å²) in [6.45, 7) is 7.74. The van der Waals surface area contributed by atoms with Gasteiger partial charge in [0.2, 0.25) is 0 Å². The molecular formula is C57H102O5. The van der Waals surface area contributed by atoms with Gasteiger partial charge in [-0.2, -0.15) is 0 Å². The summed E-state index contributed by atoms with van der Waals surface area (Å²) in [5, 5.41) is 0. The van der Waals surface area contributed by atoms with Crippen molar-refractivity contribution in [3.63, 3.8) is 0 Å². The molecule has 0 rings (SSSR count). The number of rotatable bonds is 49. The van der Waals surface area contributed by atoms with Crippen molar-refractivity contribution in [1.29, 1.82) is 0 Å². The van der Waals surface area contributed by atoms with Gasteiger partial charge in [-0.05, 0) is 83.5 Å². The van der Waals surface area contributed by atoms with Gasteiger partial charge in [0.15, 0.2) is 6.10 Å². The van der Waals surface area contributed by atoms with Crippen LogP contribution in [0.5, 0.6) is 0 Å². The molecule has 360 valence electrons. The van der Waals surface area contributed by atoms with Gasteiger partial charge >= 0.3 is 11.9 Å². The molecule has 0 aromatic carbocycles. The minimum Gasteiger partial charge on any atom is -0.462 e. The van der Waals surface area contributed by atoms with Crippen LogP contribution in [0, 0.1) is 0 Å². The van der Waals surface area contributed by atoms with Crippen LogP contribution < -0.4 is 0 Å². The van der Waals surface area contributed by atoms with E-state index in [2.05, 4.69) is 81.5 Å². The van der Waals surface area contributed by atoms with Gasteiger partial charge in [-0.1, -0.05) is 229 Å². The minimum absolute atomic E-state index is 0.0741. The summed E-state index contributed by atoms with van der Waals surface area (Å²) in [5.74, 6) is -0.419. The van der Waals surface area contributed by atoms with Gasteiger partial charge in [0, 0.05) is 19.4 Å². The summed E-state index contributed by atoms with van der Waals surface area (Å²) in [6.07, 6.45) is 66.5. The number of esters is 2. The average Bonchev–Trinajstić information content (AvgIpc) is 3.27. The maximum atomic E-state index is 12.8. The van der Waals surface area contributed by atoms with Crippen LogP contribution >= 0.6 is 0 Å². The Balaban J connectivity index is 4.27. The highest BCUT2D eigenvalue weighted by molar-refractivity contribution is 5.70. The van der Waals surface area contributed by atoms with Crippen molar-refractivity contribution in [2.75, 3.05) is 19.8 Å². The molecule has 0 aliphatic heterocycles. The smallest absolute Gasteiger partial charge is 0.306 e. The number of ether oxygens (including phenoxy) is 3. The summed E-state index contributed by atoms with van der Waals surface area (Å²) >= 11 is 0. The SMILES string of the molecule is CCC/C=C\C/C=C\CCCCCCCC(=O)OC(COCCCCCCCCCCCCCCCC)COC(=O)CCCCCCCC/C=C\C/C=C\C/C=C\CCCCC. The van der Waals surface area contributed by atoms with Gasteiger partial charge in [0.1, 0.15) is 6.61 Å². The zero-order valence-electron chi connectivity index (χ0n) is 41.4. The fourth-order valence-corrected chi connectivity index (χ4v) is 7.50. The first-order valence-electron chi connectivity index (χ1n) is 26.8. The molecule has 0 aromatic heterocycles. The Bertz CT molecular complexity index is 1070. The molecule has 0 saturated heterocycles. The molecule has 5 nitrogen and oxygen atoms in total. The van der Waals surface area contributed by atoms with Gasteiger partial charge in [0.05, 0.1) is 6.61 Å². The van der Waals surface area contributed by atoms with Gasteiger partial charge in [0.25, 0.3) is 0 Å². The van der Waals surface area contributed by atoms with E-state index in [0.29, 0.717) is 19.4 Å². The molecule has 1 unspecified atom stereocenters. The van der Waals surface area contributed by atoms with Gasteiger partial charge in [-0.3, -0.25) is 9.59 Å². The Labute approximate surface area is 385 Å². The van der Waals surface area contributed by atoms with Crippen LogP contribution in [0.15, 0.2) is 60.8 Å². The fourth-order valence-electron chi connectivity index (χ4n) is 7.50. The minimum atomic E-state index is -0.547. The van der Waals surface area contributed by atoms with Crippen LogP contribution in [0.4, 0.5) is 0 Å². The Morgan fingerprint density at radius 1 is 0.355 bits per heavy atom. The van der Waals surface area contributed by atoms with E-state index in [1.165, 1.54) is 148 Å². The predicted molar refractivity (Wildman–Crippen MR) is 270 cm³/mol.